The fraction of sp³-hybridized carbons (Fsp3) is 0.857. The zero-order valence-electron chi connectivity index (χ0n) is 11.7. The van der Waals surface area contributed by atoms with Gasteiger partial charge in [-0.2, -0.15) is 0 Å². The Morgan fingerprint density at radius 1 is 1.13 bits per heavy atom. The summed E-state index contributed by atoms with van der Waals surface area (Å²) in [4.78, 5) is 2.54. The number of hydrogen-bond acceptors (Lipinski definition) is 1. The monoisotopic (exact) mass is 211 g/mol. The molecule has 15 heavy (non-hydrogen) atoms. The highest BCUT2D eigenvalue weighted by atomic mass is 15.2. The smallest absolute Gasteiger partial charge is 0.0252 e. The van der Waals surface area contributed by atoms with Crippen LogP contribution < -0.4 is 0 Å². The van der Waals surface area contributed by atoms with Gasteiger partial charge in [0.2, 0.25) is 0 Å². The van der Waals surface area contributed by atoms with Crippen molar-refractivity contribution in [3.05, 3.63) is 12.7 Å². The lowest BCUT2D eigenvalue weighted by molar-refractivity contribution is 0.105. The maximum atomic E-state index is 3.90. The highest BCUT2D eigenvalue weighted by molar-refractivity contribution is 4.89. The van der Waals surface area contributed by atoms with Gasteiger partial charge in [-0.15, -0.1) is 6.58 Å². The number of nitrogens with zero attached hydrogens (tertiary/aromatic N) is 1. The molecule has 0 saturated heterocycles. The van der Waals surface area contributed by atoms with Crippen LogP contribution in [0, 0.1) is 5.41 Å². The Hall–Kier alpha value is -0.300. The van der Waals surface area contributed by atoms with Crippen molar-refractivity contribution in [3.8, 4) is 0 Å². The van der Waals surface area contributed by atoms with Crippen LogP contribution in [0.3, 0.4) is 0 Å². The van der Waals surface area contributed by atoms with E-state index in [0.717, 1.165) is 0 Å². The minimum absolute atomic E-state index is 0.396. The second-order valence-electron chi connectivity index (χ2n) is 6.13. The average molecular weight is 211 g/mol. The lowest BCUT2D eigenvalue weighted by Crippen LogP contribution is -2.45. The van der Waals surface area contributed by atoms with E-state index in [1.165, 1.54) is 6.42 Å². The molecule has 0 N–H and O–H groups in total. The van der Waals surface area contributed by atoms with Gasteiger partial charge in [-0.3, -0.25) is 4.90 Å². The van der Waals surface area contributed by atoms with Gasteiger partial charge in [0.05, 0.1) is 0 Å². The van der Waals surface area contributed by atoms with Crippen LogP contribution >= 0.6 is 0 Å². The third-order valence-electron chi connectivity index (χ3n) is 2.82. The van der Waals surface area contributed by atoms with Gasteiger partial charge in [0.25, 0.3) is 0 Å². The van der Waals surface area contributed by atoms with Crippen molar-refractivity contribution in [1.29, 1.82) is 0 Å². The maximum absolute atomic E-state index is 3.90. The topological polar surface area (TPSA) is 3.24 Å². The summed E-state index contributed by atoms with van der Waals surface area (Å²) < 4.78 is 0. The summed E-state index contributed by atoms with van der Waals surface area (Å²) in [7, 11) is 0. The normalized spacial score (nSPS) is 16.9. The molecule has 0 aliphatic carbocycles. The summed E-state index contributed by atoms with van der Waals surface area (Å²) in [5.41, 5.74) is 0.396. The Morgan fingerprint density at radius 3 is 1.87 bits per heavy atom. The van der Waals surface area contributed by atoms with Gasteiger partial charge in [0.1, 0.15) is 0 Å². The van der Waals surface area contributed by atoms with Crippen molar-refractivity contribution < 1.29 is 0 Å². The van der Waals surface area contributed by atoms with E-state index in [4.69, 9.17) is 0 Å². The summed E-state index contributed by atoms with van der Waals surface area (Å²) >= 11 is 0. The predicted octanol–water partition coefficient (Wildman–Crippen LogP) is 4.10. The first kappa shape index (κ1) is 14.7. The minimum Gasteiger partial charge on any atom is -0.292 e. The van der Waals surface area contributed by atoms with Crippen LogP contribution in [-0.4, -0.2) is 23.0 Å². The first-order chi connectivity index (χ1) is 6.69. The second-order valence-corrected chi connectivity index (χ2v) is 6.13. The Bertz CT molecular complexity index is 188. The van der Waals surface area contributed by atoms with Gasteiger partial charge >= 0.3 is 0 Å². The largest absolute Gasteiger partial charge is 0.292 e. The molecule has 1 heteroatoms. The van der Waals surface area contributed by atoms with Crippen LogP contribution in [-0.2, 0) is 0 Å². The molecule has 0 rings (SSSR count). The Balaban J connectivity index is 4.56. The molecule has 0 bridgehead atoms. The van der Waals surface area contributed by atoms with Gasteiger partial charge in [-0.25, -0.2) is 0 Å². The molecule has 0 spiro atoms. The molecular formula is C14H29N. The minimum atomic E-state index is 0.396. The molecule has 0 radical (unpaired) electrons. The molecule has 0 aliphatic rings. The molecule has 1 nitrogen and oxygen atoms in total. The zero-order valence-corrected chi connectivity index (χ0v) is 11.7. The SMILES string of the molecule is C=CC(C)N(C(C)C)C(C)CC(C)(C)C. The van der Waals surface area contributed by atoms with E-state index < -0.39 is 0 Å². The molecule has 0 amide bonds. The van der Waals surface area contributed by atoms with Gasteiger partial charge in [0.15, 0.2) is 0 Å². The highest BCUT2D eigenvalue weighted by Gasteiger charge is 2.24. The van der Waals surface area contributed by atoms with E-state index in [0.29, 0.717) is 23.5 Å². The van der Waals surface area contributed by atoms with Gasteiger partial charge in [0, 0.05) is 18.1 Å². The predicted molar refractivity (Wildman–Crippen MR) is 70.2 cm³/mol. The number of hydrogen-bond donors (Lipinski definition) is 0. The third kappa shape index (κ3) is 5.36. The molecule has 90 valence electrons. The van der Waals surface area contributed by atoms with Crippen LogP contribution in [0.15, 0.2) is 12.7 Å². The molecule has 0 saturated carbocycles. The van der Waals surface area contributed by atoms with Crippen molar-refractivity contribution in [2.75, 3.05) is 0 Å². The fourth-order valence-corrected chi connectivity index (χ4v) is 2.49. The van der Waals surface area contributed by atoms with Gasteiger partial charge in [-0.05, 0) is 39.5 Å². The quantitative estimate of drug-likeness (QED) is 0.619. The molecule has 0 aromatic heterocycles. The van der Waals surface area contributed by atoms with E-state index in [1.807, 2.05) is 6.08 Å². The Kier molecular flexibility index (Phi) is 5.58. The van der Waals surface area contributed by atoms with E-state index in [1.54, 1.807) is 0 Å². The van der Waals surface area contributed by atoms with Crippen LogP contribution in [0.1, 0.15) is 54.9 Å². The van der Waals surface area contributed by atoms with E-state index in [2.05, 4.69) is 59.9 Å². The molecular weight excluding hydrogens is 182 g/mol. The number of rotatable bonds is 5. The average Bonchev–Trinajstić information content (AvgIpc) is 1.99. The van der Waals surface area contributed by atoms with Crippen molar-refractivity contribution in [1.82, 2.24) is 4.90 Å². The molecule has 0 aromatic rings. The first-order valence-electron chi connectivity index (χ1n) is 6.09. The van der Waals surface area contributed by atoms with Gasteiger partial charge in [-0.1, -0.05) is 26.8 Å². The van der Waals surface area contributed by atoms with Crippen molar-refractivity contribution >= 4 is 0 Å². The highest BCUT2D eigenvalue weighted by Crippen LogP contribution is 2.25. The molecule has 0 fully saturated rings. The fourth-order valence-electron chi connectivity index (χ4n) is 2.49. The van der Waals surface area contributed by atoms with Crippen LogP contribution in [0.2, 0.25) is 0 Å². The summed E-state index contributed by atoms with van der Waals surface area (Å²) in [5.74, 6) is 0. The summed E-state index contributed by atoms with van der Waals surface area (Å²) in [5, 5.41) is 0. The van der Waals surface area contributed by atoms with E-state index >= 15 is 0 Å². The third-order valence-corrected chi connectivity index (χ3v) is 2.82. The summed E-state index contributed by atoms with van der Waals surface area (Å²) in [6, 6.07) is 1.65. The van der Waals surface area contributed by atoms with Gasteiger partial charge < -0.3 is 0 Å². The Morgan fingerprint density at radius 2 is 1.60 bits per heavy atom. The summed E-state index contributed by atoms with van der Waals surface area (Å²) in [6.45, 7) is 19.9. The maximum Gasteiger partial charge on any atom is 0.0252 e. The van der Waals surface area contributed by atoms with E-state index in [-0.39, 0.29) is 0 Å². The van der Waals surface area contributed by atoms with Crippen LogP contribution in [0.5, 0.6) is 0 Å². The standard InChI is InChI=1S/C14H29N/c1-9-12(4)15(11(2)3)13(5)10-14(6,7)8/h9,11-13H,1,10H2,2-8H3. The molecule has 2 unspecified atom stereocenters. The van der Waals surface area contributed by atoms with Crippen LogP contribution in [0.4, 0.5) is 0 Å². The van der Waals surface area contributed by atoms with Crippen molar-refractivity contribution in [2.45, 2.75) is 73.0 Å². The molecule has 0 heterocycles. The first-order valence-corrected chi connectivity index (χ1v) is 6.09. The lowest BCUT2D eigenvalue weighted by Gasteiger charge is -2.39. The molecule has 0 aromatic carbocycles. The van der Waals surface area contributed by atoms with Crippen molar-refractivity contribution in [3.63, 3.8) is 0 Å². The van der Waals surface area contributed by atoms with E-state index in [9.17, 15) is 0 Å². The van der Waals surface area contributed by atoms with Crippen LogP contribution in [0.25, 0.3) is 0 Å². The summed E-state index contributed by atoms with van der Waals surface area (Å²) in [6.07, 6.45) is 3.27. The zero-order chi connectivity index (χ0) is 12.2. The molecule has 0 aliphatic heterocycles. The molecule has 2 atom stereocenters. The lowest BCUT2D eigenvalue weighted by atomic mass is 9.87. The van der Waals surface area contributed by atoms with Crippen molar-refractivity contribution in [2.24, 2.45) is 5.41 Å². The Labute approximate surface area is 96.6 Å². The second kappa shape index (κ2) is 5.69.